The van der Waals surface area contributed by atoms with Crippen molar-refractivity contribution in [2.24, 2.45) is 5.92 Å². The highest BCUT2D eigenvalue weighted by Crippen LogP contribution is 2.32. The molecular weight excluding hydrogens is 182 g/mol. The Hall–Kier alpha value is -0.200. The van der Waals surface area contributed by atoms with Gasteiger partial charge in [0.2, 0.25) is 0 Å². The molecule has 0 amide bonds. The smallest absolute Gasteiger partial charge is 0.0945 e. The molecule has 1 aliphatic rings. The summed E-state index contributed by atoms with van der Waals surface area (Å²) < 4.78 is 0. The zero-order valence-electron chi connectivity index (χ0n) is 7.91. The monoisotopic (exact) mass is 199 g/mol. The van der Waals surface area contributed by atoms with Gasteiger partial charge in [0.1, 0.15) is 0 Å². The number of nitriles is 1. The summed E-state index contributed by atoms with van der Waals surface area (Å²) in [5, 5.41) is 17.7. The highest BCUT2D eigenvalue weighted by molar-refractivity contribution is 8.00. The Morgan fingerprint density at radius 1 is 1.38 bits per heavy atom. The van der Waals surface area contributed by atoms with Crippen LogP contribution < -0.4 is 0 Å². The van der Waals surface area contributed by atoms with Crippen LogP contribution in [0.15, 0.2) is 0 Å². The lowest BCUT2D eigenvalue weighted by atomic mass is 9.87. The van der Waals surface area contributed by atoms with Crippen LogP contribution in [0.5, 0.6) is 0 Å². The van der Waals surface area contributed by atoms with E-state index < -0.39 is 0 Å². The maximum absolute atomic E-state index is 8.95. The normalized spacial score (nSPS) is 20.9. The van der Waals surface area contributed by atoms with Crippen molar-refractivity contribution in [1.82, 2.24) is 0 Å². The fourth-order valence-electron chi connectivity index (χ4n) is 1.90. The maximum atomic E-state index is 8.95. The van der Waals surface area contributed by atoms with Crippen molar-refractivity contribution in [1.29, 1.82) is 5.26 Å². The number of aliphatic hydroxyl groups is 1. The number of nitrogens with zero attached hydrogens (tertiary/aromatic N) is 1. The minimum Gasteiger partial charge on any atom is -0.396 e. The van der Waals surface area contributed by atoms with Crippen LogP contribution in [-0.2, 0) is 0 Å². The summed E-state index contributed by atoms with van der Waals surface area (Å²) in [4.78, 5) is 0. The van der Waals surface area contributed by atoms with Crippen molar-refractivity contribution in [3.05, 3.63) is 0 Å². The number of hydrogen-bond acceptors (Lipinski definition) is 3. The summed E-state index contributed by atoms with van der Waals surface area (Å²) in [6.07, 6.45) is 6.30. The molecule has 0 spiro atoms. The van der Waals surface area contributed by atoms with E-state index in [1.165, 1.54) is 32.1 Å². The molecule has 1 saturated carbocycles. The van der Waals surface area contributed by atoms with Crippen molar-refractivity contribution in [3.63, 3.8) is 0 Å². The minimum atomic E-state index is 0.118. The summed E-state index contributed by atoms with van der Waals surface area (Å²) in [6.45, 7) is 0.190. The second-order valence-corrected chi connectivity index (χ2v) is 4.79. The lowest BCUT2D eigenvalue weighted by Gasteiger charge is -2.25. The van der Waals surface area contributed by atoms with Crippen LogP contribution >= 0.6 is 11.8 Å². The number of hydrogen-bond donors (Lipinski definition) is 1. The molecule has 13 heavy (non-hydrogen) atoms. The quantitative estimate of drug-likeness (QED) is 0.754. The maximum Gasteiger partial charge on any atom is 0.0945 e. The fraction of sp³-hybridized carbons (Fsp3) is 0.900. The van der Waals surface area contributed by atoms with Gasteiger partial charge in [0.05, 0.1) is 17.9 Å². The van der Waals surface area contributed by atoms with Gasteiger partial charge < -0.3 is 5.11 Å². The topological polar surface area (TPSA) is 44.0 Å². The van der Waals surface area contributed by atoms with Gasteiger partial charge in [-0.3, -0.25) is 0 Å². The van der Waals surface area contributed by atoms with Crippen LogP contribution in [0.4, 0.5) is 0 Å². The number of rotatable bonds is 4. The van der Waals surface area contributed by atoms with Crippen LogP contribution in [0.3, 0.4) is 0 Å². The van der Waals surface area contributed by atoms with E-state index in [1.54, 1.807) is 11.8 Å². The predicted octanol–water partition coefficient (Wildman–Crippen LogP) is 2.18. The van der Waals surface area contributed by atoms with Gasteiger partial charge in [-0.25, -0.2) is 0 Å². The standard InChI is InChI=1S/C10H17NOS/c11-8-10(13-7-6-12)9-4-2-1-3-5-9/h9-10,12H,1-7H2/t10-/m1/s1. The van der Waals surface area contributed by atoms with Crippen molar-refractivity contribution < 1.29 is 5.11 Å². The lowest BCUT2D eigenvalue weighted by Crippen LogP contribution is -2.19. The highest BCUT2D eigenvalue weighted by atomic mass is 32.2. The molecule has 3 heteroatoms. The van der Waals surface area contributed by atoms with Gasteiger partial charge in [0.25, 0.3) is 0 Å². The average molecular weight is 199 g/mol. The Bertz CT molecular complexity index is 172. The second kappa shape index (κ2) is 6.28. The molecule has 1 atom stereocenters. The Morgan fingerprint density at radius 3 is 2.62 bits per heavy atom. The Kier molecular flexibility index (Phi) is 5.26. The summed E-state index contributed by atoms with van der Waals surface area (Å²) in [7, 11) is 0. The number of thioether (sulfide) groups is 1. The zero-order valence-corrected chi connectivity index (χ0v) is 8.72. The molecule has 0 bridgehead atoms. The molecule has 1 fully saturated rings. The molecule has 0 aromatic rings. The van der Waals surface area contributed by atoms with Crippen LogP contribution in [0.25, 0.3) is 0 Å². The first-order valence-corrected chi connectivity index (χ1v) is 6.05. The molecule has 0 saturated heterocycles. The Balaban J connectivity index is 2.31. The van der Waals surface area contributed by atoms with Crippen molar-refractivity contribution >= 4 is 11.8 Å². The van der Waals surface area contributed by atoms with E-state index in [4.69, 9.17) is 10.4 Å². The van der Waals surface area contributed by atoms with E-state index in [-0.39, 0.29) is 11.9 Å². The zero-order chi connectivity index (χ0) is 9.52. The van der Waals surface area contributed by atoms with E-state index in [9.17, 15) is 0 Å². The Morgan fingerprint density at radius 2 is 2.08 bits per heavy atom. The van der Waals surface area contributed by atoms with E-state index in [1.807, 2.05) is 0 Å². The summed E-state index contributed by atoms with van der Waals surface area (Å²) >= 11 is 1.62. The average Bonchev–Trinajstić information content (AvgIpc) is 2.21. The van der Waals surface area contributed by atoms with Gasteiger partial charge in [0.15, 0.2) is 0 Å². The van der Waals surface area contributed by atoms with Crippen LogP contribution in [0, 0.1) is 17.2 Å². The summed E-state index contributed by atoms with van der Waals surface area (Å²) in [5.41, 5.74) is 0. The Labute approximate surface area is 84.3 Å². The molecule has 1 N–H and O–H groups in total. The molecule has 0 radical (unpaired) electrons. The van der Waals surface area contributed by atoms with Gasteiger partial charge in [-0.15, -0.1) is 11.8 Å². The molecule has 2 nitrogen and oxygen atoms in total. The molecule has 1 aliphatic carbocycles. The lowest BCUT2D eigenvalue weighted by molar-refractivity contribution is 0.321. The molecule has 74 valence electrons. The van der Waals surface area contributed by atoms with E-state index in [0.717, 1.165) is 0 Å². The third-order valence-corrected chi connectivity index (χ3v) is 3.86. The van der Waals surface area contributed by atoms with Gasteiger partial charge in [-0.2, -0.15) is 5.26 Å². The summed E-state index contributed by atoms with van der Waals surface area (Å²) in [6, 6.07) is 2.36. The van der Waals surface area contributed by atoms with Crippen LogP contribution in [-0.4, -0.2) is 22.7 Å². The predicted molar refractivity (Wildman–Crippen MR) is 55.5 cm³/mol. The summed E-state index contributed by atoms with van der Waals surface area (Å²) in [5.74, 6) is 1.28. The largest absolute Gasteiger partial charge is 0.396 e. The van der Waals surface area contributed by atoms with E-state index >= 15 is 0 Å². The van der Waals surface area contributed by atoms with Gasteiger partial charge in [0, 0.05) is 5.75 Å². The third kappa shape index (κ3) is 3.58. The van der Waals surface area contributed by atoms with E-state index in [2.05, 4.69) is 6.07 Å². The third-order valence-electron chi connectivity index (χ3n) is 2.59. The van der Waals surface area contributed by atoms with Crippen molar-refractivity contribution in [2.45, 2.75) is 37.4 Å². The minimum absolute atomic E-state index is 0.118. The first-order valence-electron chi connectivity index (χ1n) is 5.00. The van der Waals surface area contributed by atoms with E-state index in [0.29, 0.717) is 11.7 Å². The van der Waals surface area contributed by atoms with Crippen molar-refractivity contribution in [2.75, 3.05) is 12.4 Å². The SMILES string of the molecule is N#C[C@@H](SCCO)C1CCCCC1. The van der Waals surface area contributed by atoms with Gasteiger partial charge in [-0.05, 0) is 18.8 Å². The molecule has 0 unspecified atom stereocenters. The molecule has 0 aromatic heterocycles. The number of aliphatic hydroxyl groups excluding tert-OH is 1. The van der Waals surface area contributed by atoms with Gasteiger partial charge >= 0.3 is 0 Å². The first-order chi connectivity index (χ1) is 6.38. The van der Waals surface area contributed by atoms with Gasteiger partial charge in [-0.1, -0.05) is 19.3 Å². The molecular formula is C10H17NOS. The highest BCUT2D eigenvalue weighted by Gasteiger charge is 2.23. The molecule has 0 heterocycles. The molecule has 1 rings (SSSR count). The molecule has 0 aliphatic heterocycles. The fourth-order valence-corrected chi connectivity index (χ4v) is 2.87. The second-order valence-electron chi connectivity index (χ2n) is 3.54. The van der Waals surface area contributed by atoms with Crippen LogP contribution in [0.2, 0.25) is 0 Å². The van der Waals surface area contributed by atoms with Crippen LogP contribution in [0.1, 0.15) is 32.1 Å². The van der Waals surface area contributed by atoms with Crippen molar-refractivity contribution in [3.8, 4) is 6.07 Å². The molecule has 0 aromatic carbocycles. The first kappa shape index (κ1) is 10.9.